The SMILES string of the molecule is CCC(C)NC(=O)c1coc(CN(CCc2c[nH]c3ccccc23)Cc2cc(OC)ccc2OC)n1. The molecule has 4 aromatic rings. The van der Waals surface area contributed by atoms with Crippen LogP contribution in [0, 0.1) is 0 Å². The third kappa shape index (κ3) is 6.07. The Morgan fingerprint density at radius 3 is 2.75 bits per heavy atom. The van der Waals surface area contributed by atoms with Gasteiger partial charge in [0, 0.05) is 41.8 Å². The Hall–Kier alpha value is -3.78. The van der Waals surface area contributed by atoms with E-state index in [-0.39, 0.29) is 11.9 Å². The monoisotopic (exact) mass is 490 g/mol. The van der Waals surface area contributed by atoms with Gasteiger partial charge in [-0.1, -0.05) is 25.1 Å². The Balaban J connectivity index is 1.54. The number of hydrogen-bond acceptors (Lipinski definition) is 6. The molecule has 0 saturated heterocycles. The van der Waals surface area contributed by atoms with Gasteiger partial charge in [-0.2, -0.15) is 0 Å². The smallest absolute Gasteiger partial charge is 0.273 e. The van der Waals surface area contributed by atoms with Crippen LogP contribution in [0.1, 0.15) is 47.8 Å². The van der Waals surface area contributed by atoms with Crippen LogP contribution in [0.5, 0.6) is 11.5 Å². The van der Waals surface area contributed by atoms with Crippen LogP contribution in [0.4, 0.5) is 0 Å². The van der Waals surface area contributed by atoms with Crippen molar-refractivity contribution >= 4 is 16.8 Å². The van der Waals surface area contributed by atoms with Crippen LogP contribution in [-0.2, 0) is 19.5 Å². The summed E-state index contributed by atoms with van der Waals surface area (Å²) in [7, 11) is 3.32. The lowest BCUT2D eigenvalue weighted by molar-refractivity contribution is 0.0934. The first-order valence-corrected chi connectivity index (χ1v) is 12.2. The summed E-state index contributed by atoms with van der Waals surface area (Å²) in [5, 5.41) is 4.15. The van der Waals surface area contributed by atoms with E-state index in [1.807, 2.05) is 38.1 Å². The second-order valence-corrected chi connectivity index (χ2v) is 8.91. The molecule has 0 spiro atoms. The fourth-order valence-electron chi connectivity index (χ4n) is 4.16. The van der Waals surface area contributed by atoms with Gasteiger partial charge in [0.05, 0.1) is 20.8 Å². The minimum atomic E-state index is -0.223. The first-order valence-electron chi connectivity index (χ1n) is 12.2. The van der Waals surface area contributed by atoms with Crippen molar-refractivity contribution in [2.75, 3.05) is 20.8 Å². The molecule has 8 heteroatoms. The summed E-state index contributed by atoms with van der Waals surface area (Å²) < 4.78 is 16.7. The molecule has 2 aromatic heterocycles. The van der Waals surface area contributed by atoms with E-state index in [2.05, 4.69) is 44.6 Å². The minimum Gasteiger partial charge on any atom is -0.497 e. The number of para-hydroxylation sites is 1. The van der Waals surface area contributed by atoms with Crippen molar-refractivity contribution in [3.05, 3.63) is 77.6 Å². The average molecular weight is 491 g/mol. The maximum Gasteiger partial charge on any atom is 0.273 e. The number of carbonyl (C=O) groups is 1. The highest BCUT2D eigenvalue weighted by Crippen LogP contribution is 2.26. The molecular formula is C28H34N4O4. The summed E-state index contributed by atoms with van der Waals surface area (Å²) in [6.45, 7) is 5.78. The number of fused-ring (bicyclic) bond motifs is 1. The lowest BCUT2D eigenvalue weighted by atomic mass is 10.1. The summed E-state index contributed by atoms with van der Waals surface area (Å²) in [5.41, 5.74) is 3.66. The summed E-state index contributed by atoms with van der Waals surface area (Å²) in [6, 6.07) is 14.1. The van der Waals surface area contributed by atoms with Crippen molar-refractivity contribution in [3.63, 3.8) is 0 Å². The maximum atomic E-state index is 12.5. The number of H-pyrrole nitrogens is 1. The van der Waals surface area contributed by atoms with Gasteiger partial charge < -0.3 is 24.2 Å². The molecule has 1 amide bonds. The molecule has 0 saturated carbocycles. The topological polar surface area (TPSA) is 92.6 Å². The Morgan fingerprint density at radius 1 is 1.14 bits per heavy atom. The normalized spacial score (nSPS) is 12.1. The Kier molecular flexibility index (Phi) is 8.28. The van der Waals surface area contributed by atoms with Gasteiger partial charge in [0.25, 0.3) is 5.91 Å². The summed E-state index contributed by atoms with van der Waals surface area (Å²) in [6.07, 6.45) is 5.17. The number of benzene rings is 2. The second-order valence-electron chi connectivity index (χ2n) is 8.91. The third-order valence-corrected chi connectivity index (χ3v) is 6.39. The van der Waals surface area contributed by atoms with Crippen molar-refractivity contribution in [1.29, 1.82) is 0 Å². The minimum absolute atomic E-state index is 0.0749. The predicted molar refractivity (Wildman–Crippen MR) is 139 cm³/mol. The van der Waals surface area contributed by atoms with Crippen molar-refractivity contribution < 1.29 is 18.7 Å². The molecule has 0 aliphatic carbocycles. The van der Waals surface area contributed by atoms with Crippen LogP contribution in [0.3, 0.4) is 0 Å². The number of nitrogens with one attached hydrogen (secondary N) is 2. The summed E-state index contributed by atoms with van der Waals surface area (Å²) in [5.74, 6) is 1.82. The second kappa shape index (κ2) is 11.8. The molecule has 0 bridgehead atoms. The van der Waals surface area contributed by atoms with Gasteiger partial charge in [0.15, 0.2) is 5.69 Å². The first-order chi connectivity index (χ1) is 17.5. The lowest BCUT2D eigenvalue weighted by Gasteiger charge is -2.22. The molecule has 1 unspecified atom stereocenters. The standard InChI is InChI=1S/C28H34N4O4/c1-5-19(2)30-28(33)25-18-36-27(31-25)17-32(16-21-14-22(34-3)10-11-26(21)35-4)13-12-20-15-29-24-9-7-6-8-23(20)24/h6-11,14-15,18-19,29H,5,12-13,16-17H2,1-4H3,(H,30,33). The van der Waals surface area contributed by atoms with Crippen LogP contribution < -0.4 is 14.8 Å². The van der Waals surface area contributed by atoms with Crippen molar-refractivity contribution in [1.82, 2.24) is 20.2 Å². The van der Waals surface area contributed by atoms with Crippen molar-refractivity contribution in [2.45, 2.75) is 45.8 Å². The highest BCUT2D eigenvalue weighted by Gasteiger charge is 2.18. The quantitative estimate of drug-likeness (QED) is 0.292. The molecule has 2 N–H and O–H groups in total. The van der Waals surface area contributed by atoms with Gasteiger partial charge in [-0.15, -0.1) is 0 Å². The van der Waals surface area contributed by atoms with E-state index >= 15 is 0 Å². The van der Waals surface area contributed by atoms with E-state index < -0.39 is 0 Å². The number of nitrogens with zero attached hydrogens (tertiary/aromatic N) is 2. The third-order valence-electron chi connectivity index (χ3n) is 6.39. The van der Waals surface area contributed by atoms with Crippen LogP contribution in [0.25, 0.3) is 10.9 Å². The number of hydrogen-bond donors (Lipinski definition) is 2. The van der Waals surface area contributed by atoms with E-state index in [0.29, 0.717) is 24.7 Å². The molecule has 8 nitrogen and oxygen atoms in total. The van der Waals surface area contributed by atoms with Gasteiger partial charge in [-0.25, -0.2) is 4.98 Å². The van der Waals surface area contributed by atoms with Gasteiger partial charge >= 0.3 is 0 Å². The average Bonchev–Trinajstić information content (AvgIpc) is 3.54. The van der Waals surface area contributed by atoms with E-state index in [1.54, 1.807) is 14.2 Å². The molecular weight excluding hydrogens is 456 g/mol. The maximum absolute atomic E-state index is 12.5. The zero-order valence-electron chi connectivity index (χ0n) is 21.3. The van der Waals surface area contributed by atoms with E-state index in [4.69, 9.17) is 13.9 Å². The van der Waals surface area contributed by atoms with Gasteiger partial charge in [-0.05, 0) is 49.6 Å². The number of ether oxygens (including phenoxy) is 2. The summed E-state index contributed by atoms with van der Waals surface area (Å²) in [4.78, 5) is 22.5. The number of carbonyl (C=O) groups excluding carboxylic acids is 1. The molecule has 190 valence electrons. The fraction of sp³-hybridized carbons (Fsp3) is 0.357. The molecule has 4 rings (SSSR count). The molecule has 0 radical (unpaired) electrons. The summed E-state index contributed by atoms with van der Waals surface area (Å²) >= 11 is 0. The van der Waals surface area contributed by atoms with E-state index in [1.165, 1.54) is 17.2 Å². The molecule has 2 heterocycles. The van der Waals surface area contributed by atoms with Crippen LogP contribution in [0.2, 0.25) is 0 Å². The van der Waals surface area contributed by atoms with E-state index in [9.17, 15) is 4.79 Å². The molecule has 0 fully saturated rings. The predicted octanol–water partition coefficient (Wildman–Crippen LogP) is 4.95. The largest absolute Gasteiger partial charge is 0.497 e. The zero-order chi connectivity index (χ0) is 25.5. The number of amides is 1. The van der Waals surface area contributed by atoms with Crippen LogP contribution in [0.15, 0.2) is 59.3 Å². The number of methoxy groups -OCH3 is 2. The fourth-order valence-corrected chi connectivity index (χ4v) is 4.16. The highest BCUT2D eigenvalue weighted by atomic mass is 16.5. The molecule has 36 heavy (non-hydrogen) atoms. The first kappa shape index (κ1) is 25.3. The van der Waals surface area contributed by atoms with Crippen molar-refractivity contribution in [3.8, 4) is 11.5 Å². The number of aromatic amines is 1. The number of rotatable bonds is 12. The van der Waals surface area contributed by atoms with Crippen LogP contribution in [-0.4, -0.2) is 47.6 Å². The zero-order valence-corrected chi connectivity index (χ0v) is 21.3. The van der Waals surface area contributed by atoms with Crippen LogP contribution >= 0.6 is 0 Å². The molecule has 0 aliphatic rings. The number of oxazole rings is 1. The van der Waals surface area contributed by atoms with Gasteiger partial charge in [-0.3, -0.25) is 9.69 Å². The van der Waals surface area contributed by atoms with Gasteiger partial charge in [0.1, 0.15) is 17.8 Å². The number of aromatic nitrogens is 2. The lowest BCUT2D eigenvalue weighted by Crippen LogP contribution is -2.32. The molecule has 2 aromatic carbocycles. The Bertz CT molecular complexity index is 1300. The van der Waals surface area contributed by atoms with Crippen molar-refractivity contribution in [2.24, 2.45) is 0 Å². The highest BCUT2D eigenvalue weighted by molar-refractivity contribution is 5.92. The molecule has 0 aliphatic heterocycles. The Morgan fingerprint density at radius 2 is 1.97 bits per heavy atom. The van der Waals surface area contributed by atoms with E-state index in [0.717, 1.165) is 42.0 Å². The Labute approximate surface area is 211 Å². The van der Waals surface area contributed by atoms with Gasteiger partial charge in [0.2, 0.25) is 5.89 Å². The molecule has 1 atom stereocenters.